The van der Waals surface area contributed by atoms with E-state index in [4.69, 9.17) is 15.2 Å². The summed E-state index contributed by atoms with van der Waals surface area (Å²) in [6.07, 6.45) is 0. The molecular formula is C18H18N4O3S. The van der Waals surface area contributed by atoms with E-state index in [1.807, 2.05) is 48.5 Å². The molecule has 0 aliphatic rings. The van der Waals surface area contributed by atoms with Crippen molar-refractivity contribution in [3.8, 4) is 28.6 Å². The predicted molar refractivity (Wildman–Crippen MR) is 99.8 cm³/mol. The number of benzene rings is 2. The van der Waals surface area contributed by atoms with Crippen LogP contribution >= 0.6 is 11.8 Å². The first-order chi connectivity index (χ1) is 12.6. The second-order valence-electron chi connectivity index (χ2n) is 5.31. The standard InChI is InChI=1S/C18H18N4O3S/c1-24-14-7-3-12(4-8-14)17-20-18(26-11-16(19)23)21-22(17)13-5-9-15(25-2)10-6-13/h3-10H,11H2,1-2H3,(H2,19,23). The summed E-state index contributed by atoms with van der Waals surface area (Å²) in [7, 11) is 3.24. The molecule has 3 rings (SSSR count). The molecule has 1 heterocycles. The Morgan fingerprint density at radius 2 is 1.62 bits per heavy atom. The Bertz CT molecular complexity index is 827. The van der Waals surface area contributed by atoms with Crippen molar-refractivity contribution in [1.82, 2.24) is 14.8 Å². The van der Waals surface area contributed by atoms with Crippen LogP contribution in [0.15, 0.2) is 53.7 Å². The van der Waals surface area contributed by atoms with Crippen molar-refractivity contribution in [2.45, 2.75) is 5.16 Å². The molecule has 3 aromatic rings. The van der Waals surface area contributed by atoms with Gasteiger partial charge in [-0.2, -0.15) is 0 Å². The summed E-state index contributed by atoms with van der Waals surface area (Å²) >= 11 is 1.20. The lowest BCUT2D eigenvalue weighted by Crippen LogP contribution is -2.13. The Morgan fingerprint density at radius 1 is 1.04 bits per heavy atom. The SMILES string of the molecule is COc1ccc(-c2nc(SCC(N)=O)nn2-c2ccc(OC)cc2)cc1. The molecule has 134 valence electrons. The molecule has 0 saturated carbocycles. The van der Waals surface area contributed by atoms with Gasteiger partial charge in [-0.15, -0.1) is 5.10 Å². The Morgan fingerprint density at radius 3 is 2.15 bits per heavy atom. The molecule has 8 heteroatoms. The maximum absolute atomic E-state index is 11.1. The molecule has 2 aromatic carbocycles. The number of methoxy groups -OCH3 is 2. The quantitative estimate of drug-likeness (QED) is 0.643. The Balaban J connectivity index is 2.02. The van der Waals surface area contributed by atoms with Gasteiger partial charge in [-0.25, -0.2) is 9.67 Å². The minimum absolute atomic E-state index is 0.120. The van der Waals surface area contributed by atoms with Crippen molar-refractivity contribution in [2.24, 2.45) is 5.73 Å². The van der Waals surface area contributed by atoms with Crippen LogP contribution in [0, 0.1) is 0 Å². The van der Waals surface area contributed by atoms with Gasteiger partial charge in [0.25, 0.3) is 0 Å². The van der Waals surface area contributed by atoms with Crippen molar-refractivity contribution in [2.75, 3.05) is 20.0 Å². The van der Waals surface area contributed by atoms with Crippen LogP contribution in [0.5, 0.6) is 11.5 Å². The molecule has 0 unspecified atom stereocenters. The fourth-order valence-corrected chi connectivity index (χ4v) is 2.88. The second-order valence-corrected chi connectivity index (χ2v) is 6.25. The molecule has 0 bridgehead atoms. The average Bonchev–Trinajstić information content (AvgIpc) is 3.11. The van der Waals surface area contributed by atoms with Gasteiger partial charge in [-0.05, 0) is 48.5 Å². The molecule has 0 spiro atoms. The van der Waals surface area contributed by atoms with E-state index >= 15 is 0 Å². The molecule has 0 saturated heterocycles. The van der Waals surface area contributed by atoms with Crippen LogP contribution in [-0.2, 0) is 4.79 Å². The number of hydrogen-bond donors (Lipinski definition) is 1. The van der Waals surface area contributed by atoms with Gasteiger partial charge in [0.05, 0.1) is 25.7 Å². The van der Waals surface area contributed by atoms with Gasteiger partial charge in [-0.1, -0.05) is 11.8 Å². The van der Waals surface area contributed by atoms with Crippen molar-refractivity contribution >= 4 is 17.7 Å². The number of nitrogens with zero attached hydrogens (tertiary/aromatic N) is 3. The first kappa shape index (κ1) is 17.8. The summed E-state index contributed by atoms with van der Waals surface area (Å²) in [5, 5.41) is 4.99. The highest BCUT2D eigenvalue weighted by Crippen LogP contribution is 2.27. The highest BCUT2D eigenvalue weighted by Gasteiger charge is 2.15. The van der Waals surface area contributed by atoms with Crippen LogP contribution < -0.4 is 15.2 Å². The molecule has 2 N–H and O–H groups in total. The summed E-state index contributed by atoms with van der Waals surface area (Å²) in [6, 6.07) is 15.0. The number of rotatable bonds is 7. The minimum atomic E-state index is -0.415. The maximum atomic E-state index is 11.1. The molecule has 26 heavy (non-hydrogen) atoms. The lowest BCUT2D eigenvalue weighted by atomic mass is 10.2. The van der Waals surface area contributed by atoms with Crippen LogP contribution in [-0.4, -0.2) is 40.6 Å². The zero-order valence-corrected chi connectivity index (χ0v) is 15.2. The molecule has 0 atom stereocenters. The number of amides is 1. The van der Waals surface area contributed by atoms with Crippen LogP contribution in [0.3, 0.4) is 0 Å². The van der Waals surface area contributed by atoms with Gasteiger partial charge in [0.15, 0.2) is 5.82 Å². The number of primary amides is 1. The highest BCUT2D eigenvalue weighted by molar-refractivity contribution is 7.99. The largest absolute Gasteiger partial charge is 0.497 e. The fraction of sp³-hybridized carbons (Fsp3) is 0.167. The van der Waals surface area contributed by atoms with Gasteiger partial charge in [0.1, 0.15) is 11.5 Å². The summed E-state index contributed by atoms with van der Waals surface area (Å²) < 4.78 is 12.1. The number of hydrogen-bond acceptors (Lipinski definition) is 6. The number of carbonyl (C=O) groups is 1. The zero-order chi connectivity index (χ0) is 18.5. The lowest BCUT2D eigenvalue weighted by Gasteiger charge is -2.07. The van der Waals surface area contributed by atoms with E-state index in [-0.39, 0.29) is 5.75 Å². The van der Waals surface area contributed by atoms with E-state index in [9.17, 15) is 4.79 Å². The van der Waals surface area contributed by atoms with Crippen LogP contribution in [0.4, 0.5) is 0 Å². The third-order valence-electron chi connectivity index (χ3n) is 3.60. The minimum Gasteiger partial charge on any atom is -0.497 e. The number of nitrogens with two attached hydrogens (primary N) is 1. The van der Waals surface area contributed by atoms with Gasteiger partial charge < -0.3 is 15.2 Å². The van der Waals surface area contributed by atoms with E-state index in [0.717, 1.165) is 22.7 Å². The van der Waals surface area contributed by atoms with Gasteiger partial charge in [-0.3, -0.25) is 4.79 Å². The molecule has 0 aliphatic heterocycles. The topological polar surface area (TPSA) is 92.3 Å². The molecule has 0 radical (unpaired) electrons. The first-order valence-corrected chi connectivity index (χ1v) is 8.76. The predicted octanol–water partition coefficient (Wildman–Crippen LogP) is 2.53. The summed E-state index contributed by atoms with van der Waals surface area (Å²) in [5.41, 5.74) is 6.93. The number of thioether (sulfide) groups is 1. The van der Waals surface area contributed by atoms with Crippen LogP contribution in [0.25, 0.3) is 17.1 Å². The molecule has 7 nitrogen and oxygen atoms in total. The van der Waals surface area contributed by atoms with E-state index in [1.165, 1.54) is 11.8 Å². The number of ether oxygens (including phenoxy) is 2. The third-order valence-corrected chi connectivity index (χ3v) is 4.46. The Hall–Kier alpha value is -3.00. The van der Waals surface area contributed by atoms with E-state index in [2.05, 4.69) is 10.1 Å². The molecule has 1 aromatic heterocycles. The van der Waals surface area contributed by atoms with Crippen molar-refractivity contribution in [3.63, 3.8) is 0 Å². The smallest absolute Gasteiger partial charge is 0.227 e. The van der Waals surface area contributed by atoms with E-state index in [1.54, 1.807) is 18.9 Å². The van der Waals surface area contributed by atoms with E-state index in [0.29, 0.717) is 11.0 Å². The van der Waals surface area contributed by atoms with Crippen LogP contribution in [0.2, 0.25) is 0 Å². The van der Waals surface area contributed by atoms with Gasteiger partial charge in [0, 0.05) is 5.56 Å². The third kappa shape index (κ3) is 3.97. The first-order valence-electron chi connectivity index (χ1n) is 7.77. The van der Waals surface area contributed by atoms with Crippen molar-refractivity contribution < 1.29 is 14.3 Å². The van der Waals surface area contributed by atoms with Crippen LogP contribution in [0.1, 0.15) is 0 Å². The summed E-state index contributed by atoms with van der Waals surface area (Å²) in [5.74, 6) is 1.87. The Labute approximate surface area is 155 Å². The zero-order valence-electron chi connectivity index (χ0n) is 14.4. The lowest BCUT2D eigenvalue weighted by molar-refractivity contribution is -0.115. The normalized spacial score (nSPS) is 10.5. The number of aromatic nitrogens is 3. The Kier molecular flexibility index (Phi) is 5.43. The highest BCUT2D eigenvalue weighted by atomic mass is 32.2. The monoisotopic (exact) mass is 370 g/mol. The molecular weight excluding hydrogens is 352 g/mol. The van der Waals surface area contributed by atoms with Gasteiger partial charge in [0.2, 0.25) is 11.1 Å². The van der Waals surface area contributed by atoms with Crippen molar-refractivity contribution in [3.05, 3.63) is 48.5 Å². The van der Waals surface area contributed by atoms with E-state index < -0.39 is 5.91 Å². The van der Waals surface area contributed by atoms with Crippen molar-refractivity contribution in [1.29, 1.82) is 0 Å². The molecule has 0 aliphatic carbocycles. The fourth-order valence-electron chi connectivity index (χ4n) is 2.32. The second kappa shape index (κ2) is 7.92. The average molecular weight is 370 g/mol. The molecule has 0 fully saturated rings. The maximum Gasteiger partial charge on any atom is 0.227 e. The van der Waals surface area contributed by atoms with Gasteiger partial charge >= 0.3 is 0 Å². The summed E-state index contributed by atoms with van der Waals surface area (Å²) in [6.45, 7) is 0. The number of carbonyl (C=O) groups excluding carboxylic acids is 1. The molecule has 1 amide bonds. The summed E-state index contributed by atoms with van der Waals surface area (Å²) in [4.78, 5) is 15.6.